The molecule has 0 aromatic carbocycles. The Bertz CT molecular complexity index is 485. The second-order valence-corrected chi connectivity index (χ2v) is 5.18. The molecule has 0 unspecified atom stereocenters. The van der Waals surface area contributed by atoms with Crippen LogP contribution in [0.1, 0.15) is 51.4 Å². The number of carbonyl (C=O) groups excluding carboxylic acids is 1. The van der Waals surface area contributed by atoms with Crippen molar-refractivity contribution in [3.63, 3.8) is 0 Å². The molecule has 0 radical (unpaired) electrons. The highest BCUT2D eigenvalue weighted by molar-refractivity contribution is 5.69. The summed E-state index contributed by atoms with van der Waals surface area (Å²) in [7, 11) is 1.42. The highest BCUT2D eigenvalue weighted by atomic mass is 16.5. The lowest BCUT2D eigenvalue weighted by molar-refractivity contribution is -0.140. The van der Waals surface area contributed by atoms with E-state index in [1.165, 1.54) is 7.11 Å². The van der Waals surface area contributed by atoms with E-state index in [-0.39, 0.29) is 5.97 Å². The lowest BCUT2D eigenvalue weighted by Crippen LogP contribution is -1.98. The average molecular weight is 326 g/mol. The zero-order chi connectivity index (χ0) is 17.7. The Kier molecular flexibility index (Phi) is 17.0. The Labute approximate surface area is 147 Å². The third-order valence-corrected chi connectivity index (χ3v) is 3.14. The number of carbonyl (C=O) groups is 1. The van der Waals surface area contributed by atoms with Gasteiger partial charge < -0.3 is 4.74 Å². The first-order chi connectivity index (χ1) is 11.8. The first-order valence-electron chi connectivity index (χ1n) is 8.56. The van der Waals surface area contributed by atoms with Gasteiger partial charge in [0.15, 0.2) is 0 Å². The van der Waals surface area contributed by atoms with Gasteiger partial charge >= 0.3 is 5.97 Å². The standard InChI is InChI=1S/C22H30O2/c1-3-4-5-6-7-8-9-10-11-12-13-14-15-16-17-18-19-20-21-22(23)24-2/h1,5-6,8-9,11-12,14-15,17-18H,4,7,10,13,16,19-21H2,2H3/b6-5-,9-8-,12-11-,15-14-,18-17-. The molecule has 0 atom stereocenters. The average Bonchev–Trinajstić information content (AvgIpc) is 2.60. The monoisotopic (exact) mass is 326 g/mol. The molecular formula is C22H30O2. The van der Waals surface area contributed by atoms with E-state index < -0.39 is 0 Å². The zero-order valence-electron chi connectivity index (χ0n) is 14.8. The van der Waals surface area contributed by atoms with Crippen molar-refractivity contribution >= 4 is 5.97 Å². The van der Waals surface area contributed by atoms with E-state index in [2.05, 4.69) is 65.3 Å². The summed E-state index contributed by atoms with van der Waals surface area (Å²) < 4.78 is 4.59. The van der Waals surface area contributed by atoms with Crippen LogP contribution in [0.5, 0.6) is 0 Å². The maximum Gasteiger partial charge on any atom is 0.305 e. The lowest BCUT2D eigenvalue weighted by Gasteiger charge is -1.95. The molecule has 2 heteroatoms. The molecule has 0 aromatic rings. The molecule has 0 rings (SSSR count). The molecule has 0 bridgehead atoms. The number of rotatable bonds is 13. The van der Waals surface area contributed by atoms with Gasteiger partial charge in [0.05, 0.1) is 7.11 Å². The predicted octanol–water partition coefficient (Wildman–Crippen LogP) is 5.69. The van der Waals surface area contributed by atoms with Gasteiger partial charge in [-0.25, -0.2) is 0 Å². The van der Waals surface area contributed by atoms with Crippen LogP contribution < -0.4 is 0 Å². The molecule has 0 heterocycles. The summed E-state index contributed by atoms with van der Waals surface area (Å²) in [6, 6.07) is 0. The van der Waals surface area contributed by atoms with Crippen LogP contribution >= 0.6 is 0 Å². The van der Waals surface area contributed by atoms with Crippen molar-refractivity contribution in [2.75, 3.05) is 7.11 Å². The van der Waals surface area contributed by atoms with E-state index in [0.717, 1.165) is 38.5 Å². The summed E-state index contributed by atoms with van der Waals surface area (Å²) in [5, 5.41) is 0. The van der Waals surface area contributed by atoms with Gasteiger partial charge in [0.25, 0.3) is 0 Å². The van der Waals surface area contributed by atoms with Crippen molar-refractivity contribution in [3.8, 4) is 12.3 Å². The number of unbranched alkanes of at least 4 members (excludes halogenated alkanes) is 1. The van der Waals surface area contributed by atoms with Crippen molar-refractivity contribution < 1.29 is 9.53 Å². The Morgan fingerprint density at radius 2 is 1.29 bits per heavy atom. The number of hydrogen-bond donors (Lipinski definition) is 0. The Morgan fingerprint density at radius 1 is 0.833 bits per heavy atom. The second-order valence-electron chi connectivity index (χ2n) is 5.18. The number of ether oxygens (including phenoxy) is 1. The smallest absolute Gasteiger partial charge is 0.305 e. The maximum absolute atomic E-state index is 10.9. The van der Waals surface area contributed by atoms with Gasteiger partial charge in [-0.2, -0.15) is 0 Å². The summed E-state index contributed by atoms with van der Waals surface area (Å²) in [6.45, 7) is 0. The molecule has 0 aliphatic heterocycles. The normalized spacial score (nSPS) is 12.2. The van der Waals surface area contributed by atoms with Crippen LogP contribution in [0.15, 0.2) is 60.8 Å². The van der Waals surface area contributed by atoms with Gasteiger partial charge in [0.2, 0.25) is 0 Å². The molecule has 0 spiro atoms. The molecule has 130 valence electrons. The molecule has 0 fully saturated rings. The molecule has 0 aromatic heterocycles. The van der Waals surface area contributed by atoms with Crippen molar-refractivity contribution in [2.45, 2.75) is 51.4 Å². The fourth-order valence-electron chi connectivity index (χ4n) is 1.82. The van der Waals surface area contributed by atoms with Crippen LogP contribution in [0.3, 0.4) is 0 Å². The topological polar surface area (TPSA) is 26.3 Å². The first kappa shape index (κ1) is 21.7. The van der Waals surface area contributed by atoms with Crippen LogP contribution in [0.4, 0.5) is 0 Å². The van der Waals surface area contributed by atoms with Crippen LogP contribution in [-0.4, -0.2) is 13.1 Å². The van der Waals surface area contributed by atoms with E-state index >= 15 is 0 Å². The molecule has 2 nitrogen and oxygen atoms in total. The van der Waals surface area contributed by atoms with Crippen LogP contribution in [0.2, 0.25) is 0 Å². The molecule has 24 heavy (non-hydrogen) atoms. The number of esters is 1. The largest absolute Gasteiger partial charge is 0.469 e. The molecule has 0 aliphatic carbocycles. The van der Waals surface area contributed by atoms with Gasteiger partial charge in [0, 0.05) is 12.8 Å². The SMILES string of the molecule is C#CC/C=C\C/C=C\C/C=C\C/C=C\C/C=C\CCCC(=O)OC. The predicted molar refractivity (Wildman–Crippen MR) is 103 cm³/mol. The Morgan fingerprint density at radius 3 is 1.75 bits per heavy atom. The molecule has 0 aliphatic rings. The Balaban J connectivity index is 3.49. The quantitative estimate of drug-likeness (QED) is 0.188. The van der Waals surface area contributed by atoms with E-state index in [1.54, 1.807) is 0 Å². The van der Waals surface area contributed by atoms with Crippen LogP contribution in [-0.2, 0) is 9.53 Å². The minimum absolute atomic E-state index is 0.134. The summed E-state index contributed by atoms with van der Waals surface area (Å²) in [5.41, 5.74) is 0. The Hall–Kier alpha value is -2.27. The van der Waals surface area contributed by atoms with E-state index in [4.69, 9.17) is 6.42 Å². The minimum atomic E-state index is -0.134. The van der Waals surface area contributed by atoms with Crippen LogP contribution in [0, 0.1) is 12.3 Å². The van der Waals surface area contributed by atoms with Gasteiger partial charge in [-0.3, -0.25) is 4.79 Å². The van der Waals surface area contributed by atoms with E-state index in [9.17, 15) is 4.79 Å². The van der Waals surface area contributed by atoms with Gasteiger partial charge in [0.1, 0.15) is 0 Å². The zero-order valence-corrected chi connectivity index (χ0v) is 14.8. The summed E-state index contributed by atoms with van der Waals surface area (Å²) in [5.74, 6) is 2.44. The van der Waals surface area contributed by atoms with E-state index in [0.29, 0.717) is 12.8 Å². The molecule has 0 N–H and O–H groups in total. The molecule has 0 saturated carbocycles. The number of allylic oxidation sites excluding steroid dienone is 10. The van der Waals surface area contributed by atoms with Crippen molar-refractivity contribution in [1.29, 1.82) is 0 Å². The summed E-state index contributed by atoms with van der Waals surface area (Å²) in [4.78, 5) is 10.9. The van der Waals surface area contributed by atoms with Gasteiger partial charge in [-0.1, -0.05) is 60.8 Å². The highest BCUT2D eigenvalue weighted by Crippen LogP contribution is 2.00. The molecule has 0 amide bonds. The highest BCUT2D eigenvalue weighted by Gasteiger charge is 1.96. The third kappa shape index (κ3) is 17.8. The second kappa shape index (κ2) is 18.8. The fourth-order valence-corrected chi connectivity index (χ4v) is 1.82. The van der Waals surface area contributed by atoms with Crippen molar-refractivity contribution in [3.05, 3.63) is 60.8 Å². The number of terminal acetylenes is 1. The molecule has 0 saturated heterocycles. The first-order valence-corrected chi connectivity index (χ1v) is 8.56. The summed E-state index contributed by atoms with van der Waals surface area (Å²) >= 11 is 0. The third-order valence-electron chi connectivity index (χ3n) is 3.14. The van der Waals surface area contributed by atoms with Gasteiger partial charge in [-0.05, 0) is 38.5 Å². The number of hydrogen-bond acceptors (Lipinski definition) is 2. The fraction of sp³-hybridized carbons (Fsp3) is 0.409. The number of methoxy groups -OCH3 is 1. The van der Waals surface area contributed by atoms with Crippen molar-refractivity contribution in [1.82, 2.24) is 0 Å². The van der Waals surface area contributed by atoms with E-state index in [1.807, 2.05) is 6.08 Å². The molecular weight excluding hydrogens is 296 g/mol. The lowest BCUT2D eigenvalue weighted by atomic mass is 10.2. The van der Waals surface area contributed by atoms with Gasteiger partial charge in [-0.15, -0.1) is 12.3 Å². The minimum Gasteiger partial charge on any atom is -0.469 e. The maximum atomic E-state index is 10.9. The summed E-state index contributed by atoms with van der Waals surface area (Å²) in [6.07, 6.45) is 33.3. The van der Waals surface area contributed by atoms with Crippen molar-refractivity contribution in [2.24, 2.45) is 0 Å². The van der Waals surface area contributed by atoms with Crippen LogP contribution in [0.25, 0.3) is 0 Å².